The van der Waals surface area contributed by atoms with Crippen LogP contribution < -0.4 is 10.5 Å². The predicted octanol–water partition coefficient (Wildman–Crippen LogP) is 3.59. The number of ether oxygens (including phenoxy) is 1. The number of amides is 1. The lowest BCUT2D eigenvalue weighted by molar-refractivity contribution is -0.384. The van der Waals surface area contributed by atoms with E-state index in [-0.39, 0.29) is 23.2 Å². The quantitative estimate of drug-likeness (QED) is 0.641. The molecule has 2 aromatic carbocycles. The van der Waals surface area contributed by atoms with Crippen molar-refractivity contribution >= 4 is 11.6 Å². The molecule has 0 aliphatic carbocycles. The first-order chi connectivity index (χ1) is 13.0. The Morgan fingerprint density at radius 1 is 1.22 bits per heavy atom. The summed E-state index contributed by atoms with van der Waals surface area (Å²) in [5.74, 6) is 1.01. The number of carbonyl (C=O) groups is 1. The number of carbonyl (C=O) groups excluding carboxylic acids is 1. The first kappa shape index (κ1) is 18.8. The molecule has 0 radical (unpaired) electrons. The van der Waals surface area contributed by atoms with E-state index in [0.717, 1.165) is 12.8 Å². The fourth-order valence-electron chi connectivity index (χ4n) is 3.30. The number of piperidine rings is 1. The number of hydrogen-bond donors (Lipinski definition) is 1. The van der Waals surface area contributed by atoms with Crippen molar-refractivity contribution in [2.45, 2.75) is 25.8 Å². The third kappa shape index (κ3) is 4.43. The van der Waals surface area contributed by atoms with Gasteiger partial charge in [0.1, 0.15) is 11.5 Å². The summed E-state index contributed by atoms with van der Waals surface area (Å²) in [5.41, 5.74) is 6.03. The van der Waals surface area contributed by atoms with E-state index in [9.17, 15) is 14.9 Å². The SMILES string of the molecule is CC(N)C1CCN(C(=O)c2cc([N+](=O)[O-])ccc2Oc2ccccc2)CC1. The van der Waals surface area contributed by atoms with E-state index in [0.29, 0.717) is 30.5 Å². The minimum atomic E-state index is -0.509. The number of nitro groups is 1. The van der Waals surface area contributed by atoms with Gasteiger partial charge in [0, 0.05) is 31.3 Å². The van der Waals surface area contributed by atoms with E-state index in [4.69, 9.17) is 10.5 Å². The van der Waals surface area contributed by atoms with Gasteiger partial charge in [0.05, 0.1) is 10.5 Å². The second kappa shape index (κ2) is 8.18. The first-order valence-corrected chi connectivity index (χ1v) is 9.02. The van der Waals surface area contributed by atoms with Crippen LogP contribution >= 0.6 is 0 Å². The molecular formula is C20H23N3O4. The van der Waals surface area contributed by atoms with Gasteiger partial charge in [0.25, 0.3) is 11.6 Å². The van der Waals surface area contributed by atoms with E-state index in [1.54, 1.807) is 17.0 Å². The van der Waals surface area contributed by atoms with Crippen LogP contribution in [0.3, 0.4) is 0 Å². The van der Waals surface area contributed by atoms with Gasteiger partial charge in [-0.3, -0.25) is 14.9 Å². The number of nitrogens with zero attached hydrogens (tertiary/aromatic N) is 2. The molecule has 1 unspecified atom stereocenters. The van der Waals surface area contributed by atoms with Gasteiger partial charge in [-0.2, -0.15) is 0 Å². The van der Waals surface area contributed by atoms with Gasteiger partial charge in [0.15, 0.2) is 0 Å². The lowest BCUT2D eigenvalue weighted by Crippen LogP contribution is -2.42. The summed E-state index contributed by atoms with van der Waals surface area (Å²) in [4.78, 5) is 25.4. The number of para-hydroxylation sites is 1. The van der Waals surface area contributed by atoms with Gasteiger partial charge in [-0.25, -0.2) is 0 Å². The molecule has 7 heteroatoms. The van der Waals surface area contributed by atoms with Crippen LogP contribution in [0.5, 0.6) is 11.5 Å². The van der Waals surface area contributed by atoms with Gasteiger partial charge in [-0.15, -0.1) is 0 Å². The number of nitro benzene ring substituents is 1. The molecule has 0 saturated carbocycles. The van der Waals surface area contributed by atoms with Gasteiger partial charge in [0.2, 0.25) is 0 Å². The van der Waals surface area contributed by atoms with Crippen LogP contribution in [0.4, 0.5) is 5.69 Å². The number of benzene rings is 2. The van der Waals surface area contributed by atoms with Crippen molar-refractivity contribution in [3.05, 3.63) is 64.2 Å². The minimum absolute atomic E-state index is 0.0945. The molecule has 1 atom stereocenters. The molecule has 142 valence electrons. The molecule has 1 aliphatic heterocycles. The lowest BCUT2D eigenvalue weighted by atomic mass is 9.90. The van der Waals surface area contributed by atoms with Crippen molar-refractivity contribution < 1.29 is 14.5 Å². The fourth-order valence-corrected chi connectivity index (χ4v) is 3.30. The van der Waals surface area contributed by atoms with Gasteiger partial charge in [-0.05, 0) is 43.9 Å². The third-order valence-corrected chi connectivity index (χ3v) is 4.95. The number of hydrogen-bond acceptors (Lipinski definition) is 5. The topological polar surface area (TPSA) is 98.7 Å². The standard InChI is InChI=1S/C20H23N3O4/c1-14(21)15-9-11-22(12-10-15)20(24)18-13-16(23(25)26)7-8-19(18)27-17-5-3-2-4-6-17/h2-8,13-15H,9-12,21H2,1H3. The van der Waals surface area contributed by atoms with Crippen LogP contribution in [-0.2, 0) is 0 Å². The zero-order valence-electron chi connectivity index (χ0n) is 15.2. The van der Waals surface area contributed by atoms with Gasteiger partial charge < -0.3 is 15.4 Å². The largest absolute Gasteiger partial charge is 0.457 e. The highest BCUT2D eigenvalue weighted by molar-refractivity contribution is 5.97. The van der Waals surface area contributed by atoms with Gasteiger partial charge >= 0.3 is 0 Å². The van der Waals surface area contributed by atoms with Crippen molar-refractivity contribution in [1.29, 1.82) is 0 Å². The van der Waals surface area contributed by atoms with Crippen LogP contribution in [0.15, 0.2) is 48.5 Å². The smallest absolute Gasteiger partial charge is 0.270 e. The number of nitrogens with two attached hydrogens (primary N) is 1. The Kier molecular flexibility index (Phi) is 5.71. The zero-order valence-corrected chi connectivity index (χ0v) is 15.2. The maximum absolute atomic E-state index is 13.1. The molecule has 1 fully saturated rings. The highest BCUT2D eigenvalue weighted by atomic mass is 16.6. The monoisotopic (exact) mass is 369 g/mol. The van der Waals surface area contributed by atoms with Crippen molar-refractivity contribution in [3.63, 3.8) is 0 Å². The second-order valence-corrected chi connectivity index (χ2v) is 6.84. The Balaban J connectivity index is 1.86. The average Bonchev–Trinajstić information content (AvgIpc) is 2.68. The molecule has 1 saturated heterocycles. The molecule has 3 rings (SSSR count). The van der Waals surface area contributed by atoms with Crippen molar-refractivity contribution in [2.24, 2.45) is 11.7 Å². The van der Waals surface area contributed by atoms with E-state index >= 15 is 0 Å². The number of likely N-dealkylation sites (tertiary alicyclic amines) is 1. The zero-order chi connectivity index (χ0) is 19.4. The average molecular weight is 369 g/mol. The summed E-state index contributed by atoms with van der Waals surface area (Å²) < 4.78 is 5.83. The fraction of sp³-hybridized carbons (Fsp3) is 0.350. The van der Waals surface area contributed by atoms with Crippen molar-refractivity contribution in [1.82, 2.24) is 4.90 Å². The molecule has 1 amide bonds. The summed E-state index contributed by atoms with van der Waals surface area (Å²) >= 11 is 0. The maximum Gasteiger partial charge on any atom is 0.270 e. The van der Waals surface area contributed by atoms with E-state index in [1.165, 1.54) is 18.2 Å². The Bertz CT molecular complexity index is 815. The number of rotatable bonds is 5. The highest BCUT2D eigenvalue weighted by Crippen LogP contribution is 2.31. The molecular weight excluding hydrogens is 346 g/mol. The summed E-state index contributed by atoms with van der Waals surface area (Å²) in [5, 5.41) is 11.2. The van der Waals surface area contributed by atoms with E-state index < -0.39 is 4.92 Å². The van der Waals surface area contributed by atoms with Crippen LogP contribution in [0.1, 0.15) is 30.1 Å². The highest BCUT2D eigenvalue weighted by Gasteiger charge is 2.28. The Labute approximate surface area is 157 Å². The van der Waals surface area contributed by atoms with Crippen LogP contribution in [0.25, 0.3) is 0 Å². The molecule has 1 aliphatic rings. The summed E-state index contributed by atoms with van der Waals surface area (Å²) in [6.45, 7) is 3.14. The molecule has 1 heterocycles. The van der Waals surface area contributed by atoms with Crippen LogP contribution in [-0.4, -0.2) is 34.9 Å². The number of non-ortho nitro benzene ring substituents is 1. The molecule has 2 N–H and O–H groups in total. The minimum Gasteiger partial charge on any atom is -0.457 e. The molecule has 7 nitrogen and oxygen atoms in total. The van der Waals surface area contributed by atoms with Crippen molar-refractivity contribution in [3.8, 4) is 11.5 Å². The summed E-state index contributed by atoms with van der Waals surface area (Å²) in [6.07, 6.45) is 1.65. The predicted molar refractivity (Wildman–Crippen MR) is 102 cm³/mol. The Hall–Kier alpha value is -2.93. The molecule has 0 aromatic heterocycles. The normalized spacial score (nSPS) is 16.0. The molecule has 0 bridgehead atoms. The molecule has 0 spiro atoms. The lowest BCUT2D eigenvalue weighted by Gasteiger charge is -2.34. The third-order valence-electron chi connectivity index (χ3n) is 4.95. The molecule has 2 aromatic rings. The summed E-state index contributed by atoms with van der Waals surface area (Å²) in [7, 11) is 0. The first-order valence-electron chi connectivity index (χ1n) is 9.02. The Morgan fingerprint density at radius 2 is 1.89 bits per heavy atom. The van der Waals surface area contributed by atoms with Crippen LogP contribution in [0, 0.1) is 16.0 Å². The van der Waals surface area contributed by atoms with Gasteiger partial charge in [-0.1, -0.05) is 18.2 Å². The molecule has 27 heavy (non-hydrogen) atoms. The van der Waals surface area contributed by atoms with Crippen molar-refractivity contribution in [2.75, 3.05) is 13.1 Å². The Morgan fingerprint density at radius 3 is 2.48 bits per heavy atom. The maximum atomic E-state index is 13.1. The van der Waals surface area contributed by atoms with Crippen LogP contribution in [0.2, 0.25) is 0 Å². The van der Waals surface area contributed by atoms with E-state index in [1.807, 2.05) is 25.1 Å². The second-order valence-electron chi connectivity index (χ2n) is 6.84. The summed E-state index contributed by atoms with van der Waals surface area (Å²) in [6, 6.07) is 13.2. The van der Waals surface area contributed by atoms with E-state index in [2.05, 4.69) is 0 Å².